The van der Waals surface area contributed by atoms with E-state index < -0.39 is 5.97 Å². The number of carbonyl (C=O) groups excluding carboxylic acids is 2. The van der Waals surface area contributed by atoms with Gasteiger partial charge in [-0.3, -0.25) is 4.79 Å². The van der Waals surface area contributed by atoms with Crippen LogP contribution in [-0.4, -0.2) is 30.1 Å². The number of allylic oxidation sites excluding steroid dienone is 1. The molecule has 1 aliphatic rings. The van der Waals surface area contributed by atoms with Crippen molar-refractivity contribution in [2.24, 2.45) is 0 Å². The van der Waals surface area contributed by atoms with Crippen molar-refractivity contribution < 1.29 is 24.2 Å². The van der Waals surface area contributed by atoms with E-state index in [1.807, 2.05) is 13.0 Å². The Morgan fingerprint density at radius 1 is 1.21 bits per heavy atom. The molecule has 0 unspecified atom stereocenters. The van der Waals surface area contributed by atoms with Crippen LogP contribution in [-0.2, 0) is 9.53 Å². The van der Waals surface area contributed by atoms with Crippen LogP contribution in [0.5, 0.6) is 11.5 Å². The van der Waals surface area contributed by atoms with Crippen molar-refractivity contribution in [1.29, 1.82) is 0 Å². The number of ether oxygens (including phenoxy) is 2. The Labute approximate surface area is 142 Å². The quantitative estimate of drug-likeness (QED) is 0.790. The minimum Gasteiger partial charge on any atom is -0.508 e. The maximum Gasteiger partial charge on any atom is 0.342 e. The van der Waals surface area contributed by atoms with E-state index in [4.69, 9.17) is 9.47 Å². The Bertz CT molecular complexity index is 633. The van der Waals surface area contributed by atoms with Crippen LogP contribution < -0.4 is 4.74 Å². The van der Waals surface area contributed by atoms with Crippen molar-refractivity contribution in [2.45, 2.75) is 51.6 Å². The first-order valence-corrected chi connectivity index (χ1v) is 8.31. The van der Waals surface area contributed by atoms with E-state index >= 15 is 0 Å². The van der Waals surface area contributed by atoms with Crippen molar-refractivity contribution in [3.63, 3.8) is 0 Å². The number of benzene rings is 1. The highest BCUT2D eigenvalue weighted by Crippen LogP contribution is 2.30. The predicted octanol–water partition coefficient (Wildman–Crippen LogP) is 3.88. The Hall–Kier alpha value is -2.30. The fraction of sp³-hybridized carbons (Fsp3) is 0.474. The zero-order valence-electron chi connectivity index (χ0n) is 14.2. The van der Waals surface area contributed by atoms with Crippen LogP contribution in [0.15, 0.2) is 18.2 Å². The first kappa shape index (κ1) is 18.0. The molecule has 0 amide bonds. The molecule has 0 saturated carbocycles. The second kappa shape index (κ2) is 8.52. The molecular formula is C19H24O5. The topological polar surface area (TPSA) is 72.8 Å². The molecule has 5 heteroatoms. The molecule has 2 rings (SSSR count). The molecule has 1 aromatic carbocycles. The van der Waals surface area contributed by atoms with E-state index in [0.29, 0.717) is 36.8 Å². The minimum atomic E-state index is -0.484. The lowest BCUT2D eigenvalue weighted by molar-refractivity contribution is -0.119. The molecule has 0 aromatic heterocycles. The van der Waals surface area contributed by atoms with Crippen LogP contribution in [0.25, 0.3) is 6.08 Å². The number of carbonyl (C=O) groups is 2. The van der Waals surface area contributed by atoms with Gasteiger partial charge in [-0.25, -0.2) is 4.79 Å². The number of phenols is 1. The molecule has 1 N–H and O–H groups in total. The van der Waals surface area contributed by atoms with E-state index in [0.717, 1.165) is 12.8 Å². The van der Waals surface area contributed by atoms with Gasteiger partial charge >= 0.3 is 5.97 Å². The van der Waals surface area contributed by atoms with Gasteiger partial charge in [0.25, 0.3) is 0 Å². The third-order valence-electron chi connectivity index (χ3n) is 4.04. The Kier molecular flexibility index (Phi) is 6.41. The number of hydrogen-bond donors (Lipinski definition) is 1. The number of fused-ring (bicyclic) bond motifs is 1. The van der Waals surface area contributed by atoms with Crippen LogP contribution in [0.2, 0.25) is 0 Å². The van der Waals surface area contributed by atoms with Crippen LogP contribution >= 0.6 is 0 Å². The number of rotatable bonds is 1. The fourth-order valence-corrected chi connectivity index (χ4v) is 2.77. The molecule has 0 spiro atoms. The van der Waals surface area contributed by atoms with Gasteiger partial charge in [0, 0.05) is 18.9 Å². The fourth-order valence-electron chi connectivity index (χ4n) is 2.77. The van der Waals surface area contributed by atoms with Crippen molar-refractivity contribution in [3.8, 4) is 11.5 Å². The highest BCUT2D eigenvalue weighted by molar-refractivity contribution is 5.97. The molecular weight excluding hydrogens is 308 g/mol. The third-order valence-corrected chi connectivity index (χ3v) is 4.04. The van der Waals surface area contributed by atoms with Crippen LogP contribution in [0.3, 0.4) is 0 Å². The monoisotopic (exact) mass is 332 g/mol. The lowest BCUT2D eigenvalue weighted by Gasteiger charge is -2.17. The van der Waals surface area contributed by atoms with Crippen molar-refractivity contribution in [3.05, 3.63) is 29.3 Å². The number of ketones is 1. The summed E-state index contributed by atoms with van der Waals surface area (Å²) in [6.45, 7) is 1.82. The summed E-state index contributed by atoms with van der Waals surface area (Å²) >= 11 is 0. The Morgan fingerprint density at radius 2 is 1.96 bits per heavy atom. The van der Waals surface area contributed by atoms with Gasteiger partial charge in [0.15, 0.2) is 0 Å². The molecule has 0 aliphatic carbocycles. The molecule has 0 fully saturated rings. The highest BCUT2D eigenvalue weighted by Gasteiger charge is 2.21. The van der Waals surface area contributed by atoms with Crippen molar-refractivity contribution in [2.75, 3.05) is 7.11 Å². The van der Waals surface area contributed by atoms with Gasteiger partial charge in [0.2, 0.25) is 0 Å². The van der Waals surface area contributed by atoms with E-state index in [1.165, 1.54) is 19.2 Å². The molecule has 5 nitrogen and oxygen atoms in total. The number of cyclic esters (lactones) is 1. The highest BCUT2D eigenvalue weighted by atomic mass is 16.5. The first-order chi connectivity index (χ1) is 11.5. The largest absolute Gasteiger partial charge is 0.508 e. The molecule has 130 valence electrons. The Balaban J connectivity index is 2.36. The average molecular weight is 332 g/mol. The van der Waals surface area contributed by atoms with Gasteiger partial charge in [-0.2, -0.15) is 0 Å². The zero-order chi connectivity index (χ0) is 17.5. The number of Topliss-reactive ketones (excluding diaryl/α,β-unsaturated/α-hetero) is 1. The summed E-state index contributed by atoms with van der Waals surface area (Å²) in [7, 11) is 1.45. The molecule has 0 saturated heterocycles. The lowest BCUT2D eigenvalue weighted by atomic mass is 10.0. The smallest absolute Gasteiger partial charge is 0.342 e. The summed E-state index contributed by atoms with van der Waals surface area (Å²) in [4.78, 5) is 24.3. The summed E-state index contributed by atoms with van der Waals surface area (Å²) in [5.41, 5.74) is 0.860. The summed E-state index contributed by atoms with van der Waals surface area (Å²) in [6, 6.07) is 2.91. The van der Waals surface area contributed by atoms with Crippen molar-refractivity contribution in [1.82, 2.24) is 0 Å². The molecule has 0 bridgehead atoms. The summed E-state index contributed by atoms with van der Waals surface area (Å²) in [6.07, 6.45) is 7.33. The van der Waals surface area contributed by atoms with E-state index in [1.54, 1.807) is 6.08 Å². The maximum absolute atomic E-state index is 12.6. The molecule has 1 aromatic rings. The van der Waals surface area contributed by atoms with Gasteiger partial charge in [-0.15, -0.1) is 0 Å². The number of methoxy groups -OCH3 is 1. The van der Waals surface area contributed by atoms with Gasteiger partial charge in [0.1, 0.15) is 22.8 Å². The van der Waals surface area contributed by atoms with Gasteiger partial charge in [-0.1, -0.05) is 12.2 Å². The van der Waals surface area contributed by atoms with Crippen molar-refractivity contribution >= 4 is 17.8 Å². The van der Waals surface area contributed by atoms with Crippen LogP contribution in [0.1, 0.15) is 61.4 Å². The SMILES string of the molecule is COc1cc(O)cc2c1C(=O)O[C@@H](C)CCCC(=O)CCCC=C2. The second-order valence-corrected chi connectivity index (χ2v) is 6.05. The normalized spacial score (nSPS) is 20.0. The van der Waals surface area contributed by atoms with Crippen LogP contribution in [0, 0.1) is 0 Å². The van der Waals surface area contributed by atoms with Gasteiger partial charge < -0.3 is 14.6 Å². The van der Waals surface area contributed by atoms with E-state index in [9.17, 15) is 14.7 Å². The maximum atomic E-state index is 12.6. The number of phenolic OH excluding ortho intramolecular Hbond substituents is 1. The molecule has 1 heterocycles. The number of esters is 1. The summed E-state index contributed by atoms with van der Waals surface area (Å²) in [5.74, 6) is 0.0719. The van der Waals surface area contributed by atoms with E-state index in [2.05, 4.69) is 0 Å². The standard InChI is InChI=1S/C19H24O5/c1-13-7-6-10-15(20)9-5-3-4-8-14-11-16(21)12-17(23-2)18(14)19(22)24-13/h4,8,11-13,21H,3,5-7,9-10H2,1-2H3/t13-/m0/s1. The zero-order valence-corrected chi connectivity index (χ0v) is 14.2. The van der Waals surface area contributed by atoms with Gasteiger partial charge in [0.05, 0.1) is 13.2 Å². The lowest BCUT2D eigenvalue weighted by Crippen LogP contribution is -2.17. The first-order valence-electron chi connectivity index (χ1n) is 8.31. The Morgan fingerprint density at radius 3 is 2.71 bits per heavy atom. The average Bonchev–Trinajstić information content (AvgIpc) is 2.52. The summed E-state index contributed by atoms with van der Waals surface area (Å²) in [5, 5.41) is 9.83. The molecule has 0 radical (unpaired) electrons. The molecule has 1 atom stereocenters. The second-order valence-electron chi connectivity index (χ2n) is 6.05. The van der Waals surface area contributed by atoms with Crippen LogP contribution in [0.4, 0.5) is 0 Å². The molecule has 24 heavy (non-hydrogen) atoms. The van der Waals surface area contributed by atoms with Gasteiger partial charge in [-0.05, 0) is 44.2 Å². The third kappa shape index (κ3) is 4.85. The number of hydrogen-bond acceptors (Lipinski definition) is 5. The summed E-state index contributed by atoms with van der Waals surface area (Å²) < 4.78 is 10.7. The predicted molar refractivity (Wildman–Crippen MR) is 91.3 cm³/mol. The minimum absolute atomic E-state index is 0.0207. The van der Waals surface area contributed by atoms with E-state index in [-0.39, 0.29) is 23.4 Å². The number of aromatic hydroxyl groups is 1. The molecule has 1 aliphatic heterocycles.